The largest absolute Gasteiger partial charge is 0.379 e. The van der Waals surface area contributed by atoms with Crippen molar-refractivity contribution in [3.05, 3.63) is 28.8 Å². The van der Waals surface area contributed by atoms with Crippen molar-refractivity contribution in [2.24, 2.45) is 5.73 Å². The first-order valence-electron chi connectivity index (χ1n) is 4.69. The summed E-state index contributed by atoms with van der Waals surface area (Å²) >= 11 is 6.01. The number of anilines is 1. The van der Waals surface area contributed by atoms with Crippen molar-refractivity contribution >= 4 is 17.3 Å². The van der Waals surface area contributed by atoms with Crippen LogP contribution >= 0.6 is 11.6 Å². The molecule has 0 saturated heterocycles. The molecule has 3 heteroatoms. The molecule has 0 bridgehead atoms. The first kappa shape index (κ1) is 11.3. The number of nitrogens with two attached hydrogens (primary N) is 1. The van der Waals surface area contributed by atoms with E-state index in [4.69, 9.17) is 17.3 Å². The summed E-state index contributed by atoms with van der Waals surface area (Å²) in [5.41, 5.74) is 7.62. The van der Waals surface area contributed by atoms with Crippen molar-refractivity contribution in [1.82, 2.24) is 0 Å². The van der Waals surface area contributed by atoms with E-state index < -0.39 is 0 Å². The van der Waals surface area contributed by atoms with Crippen LogP contribution in [0.15, 0.2) is 18.2 Å². The number of halogens is 1. The SMILES string of the molecule is Cc1ccc(NC(C)(C)CN)cc1Cl. The van der Waals surface area contributed by atoms with Crippen LogP contribution < -0.4 is 11.1 Å². The summed E-state index contributed by atoms with van der Waals surface area (Å²) in [4.78, 5) is 0. The maximum atomic E-state index is 6.01. The Bertz CT molecular complexity index is 321. The highest BCUT2D eigenvalue weighted by Crippen LogP contribution is 2.22. The zero-order valence-corrected chi connectivity index (χ0v) is 9.65. The van der Waals surface area contributed by atoms with Crippen LogP contribution in [0.4, 0.5) is 5.69 Å². The lowest BCUT2D eigenvalue weighted by Crippen LogP contribution is -2.39. The summed E-state index contributed by atoms with van der Waals surface area (Å²) in [5.74, 6) is 0. The summed E-state index contributed by atoms with van der Waals surface area (Å²) < 4.78 is 0. The number of nitrogens with one attached hydrogen (secondary N) is 1. The lowest BCUT2D eigenvalue weighted by molar-refractivity contribution is 0.580. The van der Waals surface area contributed by atoms with E-state index in [1.807, 2.05) is 25.1 Å². The van der Waals surface area contributed by atoms with Crippen LogP contribution in [-0.4, -0.2) is 12.1 Å². The second-order valence-electron chi connectivity index (χ2n) is 4.18. The van der Waals surface area contributed by atoms with Crippen molar-refractivity contribution in [2.75, 3.05) is 11.9 Å². The van der Waals surface area contributed by atoms with Gasteiger partial charge in [0.2, 0.25) is 0 Å². The third-order valence-electron chi connectivity index (χ3n) is 2.16. The molecule has 0 atom stereocenters. The smallest absolute Gasteiger partial charge is 0.0455 e. The van der Waals surface area contributed by atoms with Crippen molar-refractivity contribution in [3.63, 3.8) is 0 Å². The molecule has 0 aliphatic carbocycles. The van der Waals surface area contributed by atoms with Crippen molar-refractivity contribution in [3.8, 4) is 0 Å². The Morgan fingerprint density at radius 3 is 2.57 bits per heavy atom. The van der Waals surface area contributed by atoms with E-state index in [1.54, 1.807) is 0 Å². The molecular weight excluding hydrogens is 196 g/mol. The van der Waals surface area contributed by atoms with E-state index in [2.05, 4.69) is 19.2 Å². The predicted octanol–water partition coefficient (Wildman–Crippen LogP) is 2.80. The molecule has 1 rings (SSSR count). The van der Waals surface area contributed by atoms with Crippen LogP contribution in [0.2, 0.25) is 5.02 Å². The van der Waals surface area contributed by atoms with Crippen LogP contribution in [0.1, 0.15) is 19.4 Å². The van der Waals surface area contributed by atoms with Gasteiger partial charge in [-0.25, -0.2) is 0 Å². The molecule has 78 valence electrons. The highest BCUT2D eigenvalue weighted by atomic mass is 35.5. The van der Waals surface area contributed by atoms with E-state index in [0.717, 1.165) is 16.3 Å². The van der Waals surface area contributed by atoms with Gasteiger partial charge in [-0.1, -0.05) is 17.7 Å². The number of rotatable bonds is 3. The minimum Gasteiger partial charge on any atom is -0.379 e. The fourth-order valence-corrected chi connectivity index (χ4v) is 1.29. The van der Waals surface area contributed by atoms with E-state index >= 15 is 0 Å². The van der Waals surface area contributed by atoms with Gasteiger partial charge in [-0.3, -0.25) is 0 Å². The quantitative estimate of drug-likeness (QED) is 0.809. The third kappa shape index (κ3) is 2.89. The maximum absolute atomic E-state index is 6.01. The van der Waals surface area contributed by atoms with Gasteiger partial charge in [0, 0.05) is 22.8 Å². The molecule has 0 heterocycles. The number of hydrogen-bond acceptors (Lipinski definition) is 2. The summed E-state index contributed by atoms with van der Waals surface area (Å²) in [6.07, 6.45) is 0. The molecular formula is C11H17ClN2. The van der Waals surface area contributed by atoms with Crippen molar-refractivity contribution in [1.29, 1.82) is 0 Å². The Kier molecular flexibility index (Phi) is 3.40. The topological polar surface area (TPSA) is 38.0 Å². The van der Waals surface area contributed by atoms with Gasteiger partial charge in [0.1, 0.15) is 0 Å². The Labute approximate surface area is 90.4 Å². The molecule has 1 aromatic rings. The van der Waals surface area contributed by atoms with Gasteiger partial charge in [-0.05, 0) is 38.5 Å². The highest BCUT2D eigenvalue weighted by molar-refractivity contribution is 6.31. The van der Waals surface area contributed by atoms with Crippen LogP contribution in [0, 0.1) is 6.92 Å². The van der Waals surface area contributed by atoms with Gasteiger partial charge >= 0.3 is 0 Å². The molecule has 0 spiro atoms. The Balaban J connectivity index is 2.83. The molecule has 0 unspecified atom stereocenters. The van der Waals surface area contributed by atoms with Gasteiger partial charge in [-0.15, -0.1) is 0 Å². The molecule has 0 saturated carbocycles. The van der Waals surface area contributed by atoms with Crippen molar-refractivity contribution in [2.45, 2.75) is 26.3 Å². The second-order valence-corrected chi connectivity index (χ2v) is 4.58. The first-order chi connectivity index (χ1) is 6.44. The maximum Gasteiger partial charge on any atom is 0.0455 e. The van der Waals surface area contributed by atoms with Gasteiger partial charge < -0.3 is 11.1 Å². The number of benzene rings is 1. The van der Waals surface area contributed by atoms with E-state index in [1.165, 1.54) is 0 Å². The van der Waals surface area contributed by atoms with Gasteiger partial charge in [0.05, 0.1) is 0 Å². The van der Waals surface area contributed by atoms with Gasteiger partial charge in [0.15, 0.2) is 0 Å². The molecule has 1 aromatic carbocycles. The lowest BCUT2D eigenvalue weighted by atomic mass is 10.1. The molecule has 0 amide bonds. The summed E-state index contributed by atoms with van der Waals surface area (Å²) in [6.45, 7) is 6.68. The molecule has 14 heavy (non-hydrogen) atoms. The minimum absolute atomic E-state index is 0.0986. The van der Waals surface area contributed by atoms with Crippen LogP contribution in [0.3, 0.4) is 0 Å². The van der Waals surface area contributed by atoms with E-state index in [9.17, 15) is 0 Å². The van der Waals surface area contributed by atoms with Crippen LogP contribution in [-0.2, 0) is 0 Å². The molecule has 0 radical (unpaired) electrons. The predicted molar refractivity (Wildman–Crippen MR) is 62.9 cm³/mol. The van der Waals surface area contributed by atoms with Crippen molar-refractivity contribution < 1.29 is 0 Å². The normalized spacial score (nSPS) is 11.5. The zero-order chi connectivity index (χ0) is 10.8. The number of aryl methyl sites for hydroxylation is 1. The molecule has 0 aliphatic rings. The monoisotopic (exact) mass is 212 g/mol. The Morgan fingerprint density at radius 2 is 2.07 bits per heavy atom. The molecule has 3 N–H and O–H groups in total. The standard InChI is InChI=1S/C11H17ClN2/c1-8-4-5-9(6-10(8)12)14-11(2,3)7-13/h4-6,14H,7,13H2,1-3H3. The Morgan fingerprint density at radius 1 is 1.43 bits per heavy atom. The van der Waals surface area contributed by atoms with E-state index in [-0.39, 0.29) is 5.54 Å². The zero-order valence-electron chi connectivity index (χ0n) is 8.89. The summed E-state index contributed by atoms with van der Waals surface area (Å²) in [5, 5.41) is 4.11. The molecule has 0 aliphatic heterocycles. The molecule has 2 nitrogen and oxygen atoms in total. The first-order valence-corrected chi connectivity index (χ1v) is 5.07. The average Bonchev–Trinajstić information content (AvgIpc) is 2.11. The summed E-state index contributed by atoms with van der Waals surface area (Å²) in [6, 6.07) is 5.93. The third-order valence-corrected chi connectivity index (χ3v) is 2.57. The fraction of sp³-hybridized carbons (Fsp3) is 0.455. The summed E-state index contributed by atoms with van der Waals surface area (Å²) in [7, 11) is 0. The lowest BCUT2D eigenvalue weighted by Gasteiger charge is -2.25. The van der Waals surface area contributed by atoms with Gasteiger partial charge in [-0.2, -0.15) is 0 Å². The number of hydrogen-bond donors (Lipinski definition) is 2. The minimum atomic E-state index is -0.0986. The fourth-order valence-electron chi connectivity index (χ4n) is 1.11. The average molecular weight is 213 g/mol. The Hall–Kier alpha value is -0.730. The molecule has 0 aromatic heterocycles. The van der Waals surface area contributed by atoms with Crippen LogP contribution in [0.25, 0.3) is 0 Å². The van der Waals surface area contributed by atoms with Gasteiger partial charge in [0.25, 0.3) is 0 Å². The van der Waals surface area contributed by atoms with E-state index in [0.29, 0.717) is 6.54 Å². The van der Waals surface area contributed by atoms with Crippen LogP contribution in [0.5, 0.6) is 0 Å². The molecule has 0 fully saturated rings. The second kappa shape index (κ2) is 4.20. The highest BCUT2D eigenvalue weighted by Gasteiger charge is 2.14.